The number of pyridine rings is 2. The van der Waals surface area contributed by atoms with E-state index in [1.165, 1.54) is 17.0 Å². The molecule has 3 aromatic rings. The molecule has 1 amide bonds. The number of carbonyl (C=O) groups is 1. The highest BCUT2D eigenvalue weighted by Crippen LogP contribution is 2.42. The molecule has 4 N–H and O–H groups in total. The monoisotopic (exact) mass is 589 g/mol. The van der Waals surface area contributed by atoms with Crippen LogP contribution >= 0.6 is 0 Å². The lowest BCUT2D eigenvalue weighted by atomic mass is 9.94. The summed E-state index contributed by atoms with van der Waals surface area (Å²) in [6, 6.07) is 6.23. The number of ether oxygens (including phenoxy) is 1. The lowest BCUT2D eigenvalue weighted by Gasteiger charge is -2.34. The van der Waals surface area contributed by atoms with Crippen LogP contribution in [0, 0.1) is 0 Å². The van der Waals surface area contributed by atoms with Crippen LogP contribution < -0.4 is 20.5 Å². The largest absolute Gasteiger partial charge is 0.490 e. The molecule has 4 rings (SSSR count). The molecular weight excluding hydrogens is 568 g/mol. The summed E-state index contributed by atoms with van der Waals surface area (Å²) in [6.45, 7) is 0.223. The number of primary sulfonamides is 1. The van der Waals surface area contributed by atoms with Gasteiger partial charge in [0.15, 0.2) is 5.03 Å². The third-order valence-corrected chi connectivity index (χ3v) is 6.94. The van der Waals surface area contributed by atoms with E-state index in [-0.39, 0.29) is 43.1 Å². The van der Waals surface area contributed by atoms with Gasteiger partial charge < -0.3 is 15.4 Å². The van der Waals surface area contributed by atoms with Crippen LogP contribution in [0.1, 0.15) is 34.3 Å². The smallest absolute Gasteiger partial charge is 0.418 e. The van der Waals surface area contributed by atoms with Crippen LogP contribution in [0.25, 0.3) is 11.1 Å². The Morgan fingerprint density at radius 2 is 1.68 bits per heavy atom. The zero-order valence-electron chi connectivity index (χ0n) is 20.3. The molecule has 1 aromatic carbocycles. The van der Waals surface area contributed by atoms with Crippen molar-refractivity contribution in [3.05, 3.63) is 65.5 Å². The van der Waals surface area contributed by atoms with E-state index >= 15 is 0 Å². The van der Waals surface area contributed by atoms with Crippen molar-refractivity contribution in [1.29, 1.82) is 0 Å². The molecule has 0 saturated carbocycles. The number of anilines is 1. The van der Waals surface area contributed by atoms with Crippen LogP contribution in [0.5, 0.6) is 5.75 Å². The molecule has 1 fully saturated rings. The number of nitrogens with two attached hydrogens (primary N) is 2. The molecule has 214 valence electrons. The molecule has 0 bridgehead atoms. The number of hydrogen-bond acceptors (Lipinski definition) is 7. The van der Waals surface area contributed by atoms with Crippen LogP contribution in [-0.2, 0) is 22.4 Å². The van der Waals surface area contributed by atoms with Gasteiger partial charge in [-0.25, -0.2) is 23.5 Å². The number of aromatic nitrogens is 2. The molecule has 2 aromatic heterocycles. The van der Waals surface area contributed by atoms with Crippen molar-refractivity contribution >= 4 is 21.7 Å². The number of nitrogens with zero attached hydrogens (tertiary/aromatic N) is 3. The standard InChI is InChI=1S/C24H21F6N5O4S/c25-23(26,27)14-2-1-3-16(11-14)39-15-5-8-35(9-6-15)22-20(21(31)36)19(17(12-34-22)24(28,29)30)13-4-7-33-18(10-13)40(32,37)38/h1-4,7,10-12,15H,5-6,8-9H2,(H2,31,36)(H2,32,37,38). The minimum absolute atomic E-state index is 0.00406. The Balaban J connectivity index is 1.68. The summed E-state index contributed by atoms with van der Waals surface area (Å²) in [7, 11) is -4.40. The van der Waals surface area contributed by atoms with Gasteiger partial charge in [0.25, 0.3) is 15.9 Å². The third kappa shape index (κ3) is 6.28. The fraction of sp³-hybridized carbons (Fsp3) is 0.292. The van der Waals surface area contributed by atoms with Gasteiger partial charge in [-0.1, -0.05) is 6.07 Å². The Morgan fingerprint density at radius 1 is 1.00 bits per heavy atom. The normalized spacial score (nSPS) is 15.2. The van der Waals surface area contributed by atoms with Gasteiger partial charge in [-0.15, -0.1) is 0 Å². The first-order valence-corrected chi connectivity index (χ1v) is 13.1. The van der Waals surface area contributed by atoms with Crippen molar-refractivity contribution in [2.75, 3.05) is 18.0 Å². The number of hydrogen-bond donors (Lipinski definition) is 2. The summed E-state index contributed by atoms with van der Waals surface area (Å²) in [5, 5.41) is 4.35. The fourth-order valence-corrected chi connectivity index (χ4v) is 4.83. The van der Waals surface area contributed by atoms with Crippen LogP contribution in [0.2, 0.25) is 0 Å². The summed E-state index contributed by atoms with van der Waals surface area (Å²) in [6.07, 6.45) is -8.17. The van der Waals surface area contributed by atoms with Crippen LogP contribution in [0.3, 0.4) is 0 Å². The first-order valence-electron chi connectivity index (χ1n) is 11.5. The SMILES string of the molecule is NC(=O)c1c(N2CCC(Oc3cccc(C(F)(F)F)c3)CC2)ncc(C(F)(F)F)c1-c1ccnc(S(N)(=O)=O)c1. The highest BCUT2D eigenvalue weighted by molar-refractivity contribution is 7.89. The van der Waals surface area contributed by atoms with Gasteiger partial charge in [0.05, 0.1) is 16.7 Å². The van der Waals surface area contributed by atoms with E-state index in [0.29, 0.717) is 6.20 Å². The molecule has 40 heavy (non-hydrogen) atoms. The molecule has 0 unspecified atom stereocenters. The number of amides is 1. The van der Waals surface area contributed by atoms with Gasteiger partial charge in [0.2, 0.25) is 0 Å². The maximum atomic E-state index is 14.0. The van der Waals surface area contributed by atoms with Gasteiger partial charge in [0, 0.05) is 43.9 Å². The van der Waals surface area contributed by atoms with Crippen molar-refractivity contribution in [1.82, 2.24) is 9.97 Å². The minimum atomic E-state index is -5.00. The summed E-state index contributed by atoms with van der Waals surface area (Å²) >= 11 is 0. The predicted octanol–water partition coefficient (Wildman–Crippen LogP) is 3.98. The first-order chi connectivity index (χ1) is 18.6. The van der Waals surface area contributed by atoms with Gasteiger partial charge in [-0.2, -0.15) is 26.3 Å². The highest BCUT2D eigenvalue weighted by atomic mass is 32.2. The number of piperidine rings is 1. The zero-order chi connectivity index (χ0) is 29.5. The lowest BCUT2D eigenvalue weighted by Crippen LogP contribution is -2.40. The van der Waals surface area contributed by atoms with Crippen molar-refractivity contribution in [3.8, 4) is 16.9 Å². The molecule has 16 heteroatoms. The number of primary amides is 1. The summed E-state index contributed by atoms with van der Waals surface area (Å²) in [4.78, 5) is 21.5. The van der Waals surface area contributed by atoms with Crippen molar-refractivity contribution < 1.29 is 44.3 Å². The lowest BCUT2D eigenvalue weighted by molar-refractivity contribution is -0.138. The number of halogens is 6. The van der Waals surface area contributed by atoms with Crippen LogP contribution in [0.4, 0.5) is 32.2 Å². The second kappa shape index (κ2) is 10.6. The van der Waals surface area contributed by atoms with E-state index in [1.807, 2.05) is 0 Å². The molecule has 1 saturated heterocycles. The molecule has 1 aliphatic rings. The van der Waals surface area contributed by atoms with E-state index in [9.17, 15) is 39.6 Å². The Bertz CT molecular complexity index is 1540. The van der Waals surface area contributed by atoms with E-state index in [1.54, 1.807) is 0 Å². The quantitative estimate of drug-likeness (QED) is 0.415. The fourth-order valence-electron chi connectivity index (χ4n) is 4.33. The molecule has 0 atom stereocenters. The number of benzene rings is 1. The maximum absolute atomic E-state index is 14.0. The molecule has 0 radical (unpaired) electrons. The van der Waals surface area contributed by atoms with Crippen LogP contribution in [-0.4, -0.2) is 43.5 Å². The highest BCUT2D eigenvalue weighted by Gasteiger charge is 2.39. The van der Waals surface area contributed by atoms with Gasteiger partial charge >= 0.3 is 12.4 Å². The first kappa shape index (κ1) is 29.1. The van der Waals surface area contributed by atoms with E-state index < -0.39 is 61.7 Å². The number of alkyl halides is 6. The zero-order valence-corrected chi connectivity index (χ0v) is 21.1. The Labute approximate surface area is 223 Å². The summed E-state index contributed by atoms with van der Waals surface area (Å²) in [5.41, 5.74) is 1.69. The van der Waals surface area contributed by atoms with E-state index in [0.717, 1.165) is 30.5 Å². The molecular formula is C24H21F6N5O4S. The van der Waals surface area contributed by atoms with Gasteiger partial charge in [-0.3, -0.25) is 4.79 Å². The molecule has 1 aliphatic heterocycles. The van der Waals surface area contributed by atoms with E-state index in [2.05, 4.69) is 9.97 Å². The van der Waals surface area contributed by atoms with Crippen molar-refractivity contribution in [3.63, 3.8) is 0 Å². The summed E-state index contributed by atoms with van der Waals surface area (Å²) < 4.78 is 110. The van der Waals surface area contributed by atoms with Crippen molar-refractivity contribution in [2.24, 2.45) is 10.9 Å². The Hall–Kier alpha value is -3.92. The number of rotatable bonds is 6. The minimum Gasteiger partial charge on any atom is -0.490 e. The molecule has 0 spiro atoms. The second-order valence-electron chi connectivity index (χ2n) is 8.87. The van der Waals surface area contributed by atoms with Crippen LogP contribution in [0.15, 0.2) is 53.8 Å². The Morgan fingerprint density at radius 3 is 2.25 bits per heavy atom. The predicted molar refractivity (Wildman–Crippen MR) is 130 cm³/mol. The second-order valence-corrected chi connectivity index (χ2v) is 10.4. The average Bonchev–Trinajstić information content (AvgIpc) is 2.87. The van der Waals surface area contributed by atoms with E-state index in [4.69, 9.17) is 15.6 Å². The van der Waals surface area contributed by atoms with Crippen molar-refractivity contribution in [2.45, 2.75) is 36.3 Å². The molecule has 0 aliphatic carbocycles. The average molecular weight is 590 g/mol. The Kier molecular flexibility index (Phi) is 7.68. The van der Waals surface area contributed by atoms with Gasteiger partial charge in [0.1, 0.15) is 17.7 Å². The molecule has 9 nitrogen and oxygen atoms in total. The number of sulfonamides is 1. The third-order valence-electron chi connectivity index (χ3n) is 6.13. The topological polar surface area (TPSA) is 142 Å². The summed E-state index contributed by atoms with van der Waals surface area (Å²) in [5.74, 6) is -1.42. The maximum Gasteiger partial charge on any atom is 0.418 e. The molecule has 3 heterocycles. The number of carbonyl (C=O) groups excluding carboxylic acids is 1. The van der Waals surface area contributed by atoms with Gasteiger partial charge in [-0.05, 0) is 35.9 Å².